The van der Waals surface area contributed by atoms with Gasteiger partial charge in [-0.2, -0.15) is 0 Å². The summed E-state index contributed by atoms with van der Waals surface area (Å²) in [6, 6.07) is 0. The van der Waals surface area contributed by atoms with Crippen LogP contribution in [0.1, 0.15) is 52.4 Å². The summed E-state index contributed by atoms with van der Waals surface area (Å²) >= 11 is 0. The number of carbonyl (C=O) groups is 1. The summed E-state index contributed by atoms with van der Waals surface area (Å²) in [6.45, 7) is 8.05. The van der Waals surface area contributed by atoms with Gasteiger partial charge in [-0.15, -0.1) is 0 Å². The largest absolute Gasteiger partial charge is 0.326 e. The first-order chi connectivity index (χ1) is 7.68. The Morgan fingerprint density at radius 2 is 1.88 bits per heavy atom. The molecule has 0 bridgehead atoms. The van der Waals surface area contributed by atoms with Crippen molar-refractivity contribution in [1.82, 2.24) is 5.32 Å². The summed E-state index contributed by atoms with van der Waals surface area (Å²) < 4.78 is 0. The summed E-state index contributed by atoms with van der Waals surface area (Å²) in [6.07, 6.45) is 10.2. The molecule has 0 aliphatic carbocycles. The van der Waals surface area contributed by atoms with E-state index in [1.165, 1.54) is 0 Å². The van der Waals surface area contributed by atoms with Gasteiger partial charge in [-0.25, -0.2) is 0 Å². The lowest BCUT2D eigenvalue weighted by Gasteiger charge is -2.24. The van der Waals surface area contributed by atoms with E-state index >= 15 is 0 Å². The zero-order valence-corrected chi connectivity index (χ0v) is 10.5. The van der Waals surface area contributed by atoms with E-state index in [9.17, 15) is 4.79 Å². The van der Waals surface area contributed by atoms with Crippen molar-refractivity contribution >= 4 is 5.91 Å². The SMILES string of the molecule is C=CC1=CC(CCCC)(CCCC)C(=O)N1. The average Bonchev–Trinajstić information content (AvgIpc) is 2.61. The minimum Gasteiger partial charge on any atom is -0.326 e. The minimum atomic E-state index is -0.254. The summed E-state index contributed by atoms with van der Waals surface area (Å²) in [5.41, 5.74) is 0.632. The van der Waals surface area contributed by atoms with Crippen molar-refractivity contribution in [2.45, 2.75) is 52.4 Å². The molecule has 16 heavy (non-hydrogen) atoms. The van der Waals surface area contributed by atoms with Gasteiger partial charge >= 0.3 is 0 Å². The molecular formula is C14H23NO. The number of nitrogens with one attached hydrogen (secondary N) is 1. The quantitative estimate of drug-likeness (QED) is 0.700. The van der Waals surface area contributed by atoms with E-state index < -0.39 is 0 Å². The molecule has 0 aromatic heterocycles. The fourth-order valence-electron chi connectivity index (χ4n) is 2.25. The summed E-state index contributed by atoms with van der Waals surface area (Å²) in [5, 5.41) is 2.92. The number of unbranched alkanes of at least 4 members (excludes halogenated alkanes) is 2. The Morgan fingerprint density at radius 1 is 1.31 bits per heavy atom. The molecule has 0 spiro atoms. The molecule has 2 nitrogen and oxygen atoms in total. The van der Waals surface area contributed by atoms with Crippen LogP contribution in [0.2, 0.25) is 0 Å². The summed E-state index contributed by atoms with van der Waals surface area (Å²) in [5.74, 6) is 0.171. The third-order valence-electron chi connectivity index (χ3n) is 3.31. The van der Waals surface area contributed by atoms with Crippen LogP contribution >= 0.6 is 0 Å². The Hall–Kier alpha value is -1.05. The lowest BCUT2D eigenvalue weighted by atomic mass is 9.78. The van der Waals surface area contributed by atoms with Crippen LogP contribution in [0, 0.1) is 5.41 Å². The molecule has 1 rings (SSSR count). The van der Waals surface area contributed by atoms with E-state index in [-0.39, 0.29) is 11.3 Å². The molecule has 90 valence electrons. The molecule has 1 aliphatic rings. The van der Waals surface area contributed by atoms with Crippen molar-refractivity contribution in [3.8, 4) is 0 Å². The van der Waals surface area contributed by atoms with Crippen molar-refractivity contribution in [1.29, 1.82) is 0 Å². The minimum absolute atomic E-state index is 0.171. The van der Waals surface area contributed by atoms with Crippen molar-refractivity contribution in [3.05, 3.63) is 24.4 Å². The monoisotopic (exact) mass is 221 g/mol. The van der Waals surface area contributed by atoms with Gasteiger partial charge < -0.3 is 5.32 Å². The van der Waals surface area contributed by atoms with Gasteiger partial charge in [0.2, 0.25) is 5.91 Å². The van der Waals surface area contributed by atoms with Gasteiger partial charge in [0.1, 0.15) is 0 Å². The Kier molecular flexibility index (Phi) is 4.78. The maximum atomic E-state index is 12.1. The molecule has 0 fully saturated rings. The first-order valence-electron chi connectivity index (χ1n) is 6.35. The van der Waals surface area contributed by atoms with Crippen LogP contribution < -0.4 is 5.32 Å². The molecule has 0 aromatic carbocycles. The zero-order valence-electron chi connectivity index (χ0n) is 10.5. The maximum absolute atomic E-state index is 12.1. The highest BCUT2D eigenvalue weighted by molar-refractivity contribution is 5.89. The second-order valence-electron chi connectivity index (χ2n) is 4.62. The zero-order chi connectivity index (χ0) is 12.0. The normalized spacial score (nSPS) is 18.1. The Balaban J connectivity index is 2.80. The maximum Gasteiger partial charge on any atom is 0.234 e. The van der Waals surface area contributed by atoms with Gasteiger partial charge in [0, 0.05) is 5.70 Å². The van der Waals surface area contributed by atoms with E-state index in [1.807, 2.05) is 0 Å². The predicted octanol–water partition coefficient (Wildman–Crippen LogP) is 3.55. The number of allylic oxidation sites excluding steroid dienone is 1. The van der Waals surface area contributed by atoms with Gasteiger partial charge in [-0.1, -0.05) is 46.1 Å². The fraction of sp³-hybridized carbons (Fsp3) is 0.643. The molecule has 0 unspecified atom stereocenters. The number of carbonyl (C=O) groups excluding carboxylic acids is 1. The molecule has 2 heteroatoms. The Bertz CT molecular complexity index is 283. The molecule has 1 heterocycles. The van der Waals surface area contributed by atoms with E-state index in [4.69, 9.17) is 0 Å². The Morgan fingerprint density at radius 3 is 2.25 bits per heavy atom. The molecule has 0 atom stereocenters. The van der Waals surface area contributed by atoms with Crippen LogP contribution in [0.4, 0.5) is 0 Å². The van der Waals surface area contributed by atoms with Gasteiger partial charge in [0.05, 0.1) is 5.41 Å². The average molecular weight is 221 g/mol. The molecule has 0 saturated heterocycles. The van der Waals surface area contributed by atoms with Crippen LogP contribution in [-0.2, 0) is 4.79 Å². The Labute approximate surface area is 98.8 Å². The highest BCUT2D eigenvalue weighted by atomic mass is 16.2. The van der Waals surface area contributed by atoms with Crippen LogP contribution in [0.15, 0.2) is 24.4 Å². The molecule has 1 amide bonds. The van der Waals surface area contributed by atoms with Crippen molar-refractivity contribution in [3.63, 3.8) is 0 Å². The second-order valence-corrected chi connectivity index (χ2v) is 4.62. The molecular weight excluding hydrogens is 198 g/mol. The van der Waals surface area contributed by atoms with Crippen molar-refractivity contribution in [2.75, 3.05) is 0 Å². The van der Waals surface area contributed by atoms with Crippen LogP contribution in [0.25, 0.3) is 0 Å². The molecule has 0 saturated carbocycles. The number of hydrogen-bond donors (Lipinski definition) is 1. The molecule has 0 radical (unpaired) electrons. The van der Waals surface area contributed by atoms with E-state index in [0.29, 0.717) is 0 Å². The van der Waals surface area contributed by atoms with Crippen LogP contribution in [-0.4, -0.2) is 5.91 Å². The van der Waals surface area contributed by atoms with Gasteiger partial charge in [0.15, 0.2) is 0 Å². The summed E-state index contributed by atoms with van der Waals surface area (Å²) in [7, 11) is 0. The molecule has 0 aromatic rings. The fourth-order valence-corrected chi connectivity index (χ4v) is 2.25. The van der Waals surface area contributed by atoms with E-state index in [1.54, 1.807) is 6.08 Å². The third kappa shape index (κ3) is 2.75. The highest BCUT2D eigenvalue weighted by Gasteiger charge is 2.39. The lowest BCUT2D eigenvalue weighted by molar-refractivity contribution is -0.127. The topological polar surface area (TPSA) is 29.1 Å². The second kappa shape index (κ2) is 5.88. The summed E-state index contributed by atoms with van der Waals surface area (Å²) in [4.78, 5) is 12.1. The predicted molar refractivity (Wildman–Crippen MR) is 67.9 cm³/mol. The highest BCUT2D eigenvalue weighted by Crippen LogP contribution is 2.37. The molecule has 1 aliphatic heterocycles. The number of rotatable bonds is 7. The standard InChI is InChI=1S/C14H23NO/c1-4-7-9-14(10-8-5-2)11-12(6-3)15-13(14)16/h6,11H,3-5,7-10H2,1-2H3,(H,15,16). The van der Waals surface area contributed by atoms with E-state index in [0.717, 1.165) is 44.2 Å². The van der Waals surface area contributed by atoms with Crippen LogP contribution in [0.5, 0.6) is 0 Å². The number of amides is 1. The molecule has 1 N–H and O–H groups in total. The number of hydrogen-bond acceptors (Lipinski definition) is 1. The smallest absolute Gasteiger partial charge is 0.234 e. The van der Waals surface area contributed by atoms with Crippen molar-refractivity contribution in [2.24, 2.45) is 5.41 Å². The van der Waals surface area contributed by atoms with Crippen molar-refractivity contribution < 1.29 is 4.79 Å². The van der Waals surface area contributed by atoms with E-state index in [2.05, 4.69) is 31.8 Å². The van der Waals surface area contributed by atoms with Crippen LogP contribution in [0.3, 0.4) is 0 Å². The van der Waals surface area contributed by atoms with Gasteiger partial charge in [-0.05, 0) is 25.0 Å². The third-order valence-corrected chi connectivity index (χ3v) is 3.31. The first-order valence-corrected chi connectivity index (χ1v) is 6.35. The first kappa shape index (κ1) is 13.0. The van der Waals surface area contributed by atoms with Gasteiger partial charge in [-0.3, -0.25) is 4.79 Å². The van der Waals surface area contributed by atoms with Gasteiger partial charge in [0.25, 0.3) is 0 Å². The lowest BCUT2D eigenvalue weighted by Crippen LogP contribution is -2.32.